The average molecular weight is 223 g/mol. The van der Waals surface area contributed by atoms with E-state index in [2.05, 4.69) is 0 Å². The molecule has 0 spiro atoms. The molecule has 0 heterocycles. The Kier molecular flexibility index (Phi) is 5.07. The van der Waals surface area contributed by atoms with Crippen molar-refractivity contribution in [1.29, 1.82) is 0 Å². The summed E-state index contributed by atoms with van der Waals surface area (Å²) in [6, 6.07) is -0.855. The minimum absolute atomic E-state index is 0.0959. The first-order valence-electron chi connectivity index (χ1n) is 4.36. The van der Waals surface area contributed by atoms with Crippen molar-refractivity contribution in [3.05, 3.63) is 0 Å². The molecule has 0 saturated heterocycles. The highest BCUT2D eigenvalue weighted by atomic mass is 32.2. The van der Waals surface area contributed by atoms with Crippen molar-refractivity contribution < 1.29 is 17.9 Å². The van der Waals surface area contributed by atoms with Crippen LogP contribution in [0.25, 0.3) is 0 Å². The van der Waals surface area contributed by atoms with Crippen LogP contribution in [0, 0.1) is 0 Å². The zero-order chi connectivity index (χ0) is 11.4. The largest absolute Gasteiger partial charge is 0.462 e. The molecule has 0 bridgehead atoms. The topological polar surface area (TPSA) is 86.5 Å². The summed E-state index contributed by atoms with van der Waals surface area (Å²) in [7, 11) is -3.07. The van der Waals surface area contributed by atoms with E-state index in [9.17, 15) is 13.2 Å². The zero-order valence-corrected chi connectivity index (χ0v) is 9.50. The molecule has 0 aliphatic carbocycles. The Morgan fingerprint density at radius 1 is 1.43 bits per heavy atom. The highest BCUT2D eigenvalue weighted by molar-refractivity contribution is 7.90. The molecular weight excluding hydrogens is 206 g/mol. The van der Waals surface area contributed by atoms with Crippen LogP contribution in [-0.2, 0) is 19.4 Å². The van der Waals surface area contributed by atoms with Crippen LogP contribution < -0.4 is 5.73 Å². The molecule has 0 rings (SSSR count). The quantitative estimate of drug-likeness (QED) is 0.647. The summed E-state index contributed by atoms with van der Waals surface area (Å²) >= 11 is 0. The third-order valence-electron chi connectivity index (χ3n) is 1.45. The van der Waals surface area contributed by atoms with Gasteiger partial charge in [-0.2, -0.15) is 0 Å². The van der Waals surface area contributed by atoms with E-state index >= 15 is 0 Å². The van der Waals surface area contributed by atoms with Crippen LogP contribution in [0.3, 0.4) is 0 Å². The van der Waals surface area contributed by atoms with Crippen molar-refractivity contribution >= 4 is 15.8 Å². The predicted octanol–water partition coefficient (Wildman–Crippen LogP) is -0.300. The van der Waals surface area contributed by atoms with Crippen LogP contribution in [-0.4, -0.2) is 38.5 Å². The molecule has 0 aliphatic rings. The molecular formula is C8H17NO4S. The molecule has 0 aromatic rings. The van der Waals surface area contributed by atoms with Crippen LogP contribution in [0.1, 0.15) is 20.3 Å². The standard InChI is InChI=1S/C8H17NO4S/c1-6(2)13-8(10)7(9)4-5-14(3,11)12/h6-7H,4-5,9H2,1-3H3. The van der Waals surface area contributed by atoms with Crippen LogP contribution in [0.4, 0.5) is 0 Å². The molecule has 2 N–H and O–H groups in total. The van der Waals surface area contributed by atoms with Crippen LogP contribution in [0.5, 0.6) is 0 Å². The van der Waals surface area contributed by atoms with E-state index in [1.54, 1.807) is 13.8 Å². The Bertz CT molecular complexity index is 284. The van der Waals surface area contributed by atoms with Crippen molar-refractivity contribution in [3.63, 3.8) is 0 Å². The molecule has 0 fully saturated rings. The number of nitrogens with two attached hydrogens (primary N) is 1. The number of esters is 1. The fourth-order valence-corrected chi connectivity index (χ4v) is 1.46. The molecule has 14 heavy (non-hydrogen) atoms. The lowest BCUT2D eigenvalue weighted by atomic mass is 10.2. The number of hydrogen-bond donors (Lipinski definition) is 1. The molecule has 0 amide bonds. The average Bonchev–Trinajstić information content (AvgIpc) is 1.97. The smallest absolute Gasteiger partial charge is 0.323 e. The lowest BCUT2D eigenvalue weighted by Gasteiger charge is -2.12. The van der Waals surface area contributed by atoms with Gasteiger partial charge in [0.05, 0.1) is 11.9 Å². The normalized spacial score (nSPS) is 14.1. The summed E-state index contributed by atoms with van der Waals surface area (Å²) in [6.45, 7) is 3.42. The monoisotopic (exact) mass is 223 g/mol. The van der Waals surface area contributed by atoms with Crippen LogP contribution in [0.15, 0.2) is 0 Å². The first-order chi connectivity index (χ1) is 6.22. The molecule has 0 aromatic heterocycles. The summed E-state index contributed by atoms with van der Waals surface area (Å²) in [5.41, 5.74) is 5.43. The lowest BCUT2D eigenvalue weighted by molar-refractivity contribution is -0.149. The van der Waals surface area contributed by atoms with E-state index in [1.165, 1.54) is 0 Å². The van der Waals surface area contributed by atoms with Crippen molar-refractivity contribution in [2.24, 2.45) is 5.73 Å². The van der Waals surface area contributed by atoms with Gasteiger partial charge in [-0.05, 0) is 20.3 Å². The SMILES string of the molecule is CC(C)OC(=O)C(N)CCS(C)(=O)=O. The van der Waals surface area contributed by atoms with Crippen LogP contribution >= 0.6 is 0 Å². The molecule has 6 heteroatoms. The fraction of sp³-hybridized carbons (Fsp3) is 0.875. The molecule has 0 radical (unpaired) electrons. The third-order valence-corrected chi connectivity index (χ3v) is 2.43. The number of carbonyl (C=O) groups excluding carboxylic acids is 1. The Labute approximate surface area is 84.5 Å². The highest BCUT2D eigenvalue weighted by Crippen LogP contribution is 1.98. The maximum Gasteiger partial charge on any atom is 0.323 e. The Morgan fingerprint density at radius 2 is 1.93 bits per heavy atom. The molecule has 0 aliphatic heterocycles. The minimum Gasteiger partial charge on any atom is -0.462 e. The van der Waals surface area contributed by atoms with E-state index in [0.717, 1.165) is 6.26 Å². The predicted molar refractivity (Wildman–Crippen MR) is 53.5 cm³/mol. The maximum atomic E-state index is 11.1. The van der Waals surface area contributed by atoms with Gasteiger partial charge >= 0.3 is 5.97 Å². The van der Waals surface area contributed by atoms with Crippen molar-refractivity contribution in [1.82, 2.24) is 0 Å². The van der Waals surface area contributed by atoms with Gasteiger partial charge in [0.2, 0.25) is 0 Å². The molecule has 1 atom stereocenters. The van der Waals surface area contributed by atoms with Crippen LogP contribution in [0.2, 0.25) is 0 Å². The highest BCUT2D eigenvalue weighted by Gasteiger charge is 2.18. The van der Waals surface area contributed by atoms with E-state index in [-0.39, 0.29) is 18.3 Å². The summed E-state index contributed by atoms with van der Waals surface area (Å²) in [6.07, 6.45) is 0.976. The second-order valence-corrected chi connectivity index (χ2v) is 5.77. The molecule has 84 valence electrons. The van der Waals surface area contributed by atoms with E-state index < -0.39 is 21.8 Å². The zero-order valence-electron chi connectivity index (χ0n) is 8.69. The van der Waals surface area contributed by atoms with Crippen molar-refractivity contribution in [2.45, 2.75) is 32.4 Å². The summed E-state index contributed by atoms with van der Waals surface area (Å²) < 4.78 is 26.4. The Hall–Kier alpha value is -0.620. The fourth-order valence-electron chi connectivity index (χ4n) is 0.779. The number of ether oxygens (including phenoxy) is 1. The first-order valence-corrected chi connectivity index (χ1v) is 6.42. The van der Waals surface area contributed by atoms with Gasteiger partial charge in [0.15, 0.2) is 0 Å². The van der Waals surface area contributed by atoms with Gasteiger partial charge in [0, 0.05) is 6.26 Å². The molecule has 0 saturated carbocycles. The second kappa shape index (κ2) is 5.31. The van der Waals surface area contributed by atoms with Gasteiger partial charge < -0.3 is 10.5 Å². The number of rotatable bonds is 5. The number of sulfone groups is 1. The van der Waals surface area contributed by atoms with E-state index in [1.807, 2.05) is 0 Å². The maximum absolute atomic E-state index is 11.1. The van der Waals surface area contributed by atoms with Gasteiger partial charge in [-0.15, -0.1) is 0 Å². The van der Waals surface area contributed by atoms with Gasteiger partial charge in [-0.25, -0.2) is 8.42 Å². The van der Waals surface area contributed by atoms with Crippen molar-refractivity contribution in [2.75, 3.05) is 12.0 Å². The van der Waals surface area contributed by atoms with Gasteiger partial charge in [-0.1, -0.05) is 0 Å². The molecule has 0 aromatic carbocycles. The number of hydrogen-bond acceptors (Lipinski definition) is 5. The Balaban J connectivity index is 3.97. The van der Waals surface area contributed by atoms with E-state index in [4.69, 9.17) is 10.5 Å². The third kappa shape index (κ3) is 6.85. The summed E-state index contributed by atoms with van der Waals surface area (Å²) in [5.74, 6) is -0.648. The number of carbonyl (C=O) groups is 1. The Morgan fingerprint density at radius 3 is 2.29 bits per heavy atom. The van der Waals surface area contributed by atoms with Gasteiger partial charge in [-0.3, -0.25) is 4.79 Å². The van der Waals surface area contributed by atoms with Crippen molar-refractivity contribution in [3.8, 4) is 0 Å². The second-order valence-electron chi connectivity index (χ2n) is 3.51. The summed E-state index contributed by atoms with van der Waals surface area (Å²) in [4.78, 5) is 11.1. The lowest BCUT2D eigenvalue weighted by Crippen LogP contribution is -2.35. The van der Waals surface area contributed by atoms with Gasteiger partial charge in [0.25, 0.3) is 0 Å². The molecule has 5 nitrogen and oxygen atoms in total. The first kappa shape index (κ1) is 13.4. The van der Waals surface area contributed by atoms with E-state index in [0.29, 0.717) is 0 Å². The molecule has 1 unspecified atom stereocenters. The van der Waals surface area contributed by atoms with Gasteiger partial charge in [0.1, 0.15) is 15.9 Å². The minimum atomic E-state index is -3.07. The summed E-state index contributed by atoms with van der Waals surface area (Å²) in [5, 5.41) is 0.